The van der Waals surface area contributed by atoms with E-state index in [1.165, 1.54) is 12.1 Å². The van der Waals surface area contributed by atoms with Gasteiger partial charge in [0.25, 0.3) is 0 Å². The number of benzene rings is 1. The molecule has 0 atom stereocenters. The van der Waals surface area contributed by atoms with Crippen LogP contribution >= 0.6 is 0 Å². The van der Waals surface area contributed by atoms with Crippen LogP contribution in [0.25, 0.3) is 0 Å². The predicted molar refractivity (Wildman–Crippen MR) is 79.8 cm³/mol. The number of anilines is 3. The van der Waals surface area contributed by atoms with E-state index in [1.807, 2.05) is 13.0 Å². The first-order valence-corrected chi connectivity index (χ1v) is 6.79. The zero-order valence-corrected chi connectivity index (χ0v) is 11.8. The van der Waals surface area contributed by atoms with E-state index < -0.39 is 0 Å². The Kier molecular flexibility index (Phi) is 4.87. The highest BCUT2D eigenvalue weighted by atomic mass is 19.1. The van der Waals surface area contributed by atoms with Crippen molar-refractivity contribution < 1.29 is 4.39 Å². The van der Waals surface area contributed by atoms with Gasteiger partial charge in [0.1, 0.15) is 11.6 Å². The molecule has 0 amide bonds. The maximum atomic E-state index is 12.9. The van der Waals surface area contributed by atoms with Crippen LogP contribution in [0.4, 0.5) is 21.8 Å². The molecule has 2 aromatic rings. The van der Waals surface area contributed by atoms with Gasteiger partial charge in [-0.15, -0.1) is 0 Å². The lowest BCUT2D eigenvalue weighted by molar-refractivity contribution is 0.628. The van der Waals surface area contributed by atoms with Crippen molar-refractivity contribution in [3.05, 3.63) is 41.8 Å². The highest BCUT2D eigenvalue weighted by Crippen LogP contribution is 2.16. The number of aromatic nitrogens is 2. The monoisotopic (exact) mass is 274 g/mol. The molecule has 0 spiro atoms. The van der Waals surface area contributed by atoms with E-state index in [9.17, 15) is 4.39 Å². The first-order chi connectivity index (χ1) is 9.67. The number of halogens is 1. The van der Waals surface area contributed by atoms with Gasteiger partial charge in [-0.2, -0.15) is 4.98 Å². The van der Waals surface area contributed by atoms with E-state index in [0.29, 0.717) is 5.95 Å². The van der Waals surface area contributed by atoms with Crippen LogP contribution in [0.5, 0.6) is 0 Å². The third-order valence-electron chi connectivity index (χ3n) is 2.79. The largest absolute Gasteiger partial charge is 0.370 e. The number of nitrogens with one attached hydrogen (secondary N) is 2. The maximum absolute atomic E-state index is 12.9. The molecule has 0 aliphatic rings. The normalized spacial score (nSPS) is 10.3. The average Bonchev–Trinajstić information content (AvgIpc) is 2.41. The van der Waals surface area contributed by atoms with Crippen molar-refractivity contribution in [2.45, 2.75) is 26.7 Å². The van der Waals surface area contributed by atoms with Gasteiger partial charge in [-0.25, -0.2) is 9.37 Å². The lowest BCUT2D eigenvalue weighted by Crippen LogP contribution is -2.06. The summed E-state index contributed by atoms with van der Waals surface area (Å²) in [4.78, 5) is 8.72. The fourth-order valence-electron chi connectivity index (χ4n) is 1.77. The molecule has 0 bridgehead atoms. The molecule has 1 heterocycles. The van der Waals surface area contributed by atoms with Crippen LogP contribution in [0.2, 0.25) is 0 Å². The first kappa shape index (κ1) is 14.2. The van der Waals surface area contributed by atoms with Crippen LogP contribution < -0.4 is 10.6 Å². The van der Waals surface area contributed by atoms with Crippen molar-refractivity contribution in [2.24, 2.45) is 0 Å². The number of nitrogens with zero attached hydrogens (tertiary/aromatic N) is 2. The molecule has 0 aliphatic carbocycles. The Labute approximate surface area is 118 Å². The molecule has 0 radical (unpaired) electrons. The standard InChI is InChI=1S/C15H19FN4/c1-3-4-9-17-14-10-11(2)18-15(20-14)19-13-7-5-12(16)6-8-13/h5-8,10H,3-4,9H2,1-2H3,(H2,17,18,19,20). The van der Waals surface area contributed by atoms with E-state index in [0.717, 1.165) is 36.6 Å². The van der Waals surface area contributed by atoms with Crippen LogP contribution in [0.1, 0.15) is 25.5 Å². The minimum Gasteiger partial charge on any atom is -0.370 e. The van der Waals surface area contributed by atoms with Gasteiger partial charge in [-0.3, -0.25) is 0 Å². The molecule has 2 rings (SSSR count). The second kappa shape index (κ2) is 6.84. The quantitative estimate of drug-likeness (QED) is 0.785. The zero-order valence-electron chi connectivity index (χ0n) is 11.8. The molecule has 0 saturated heterocycles. The molecule has 5 heteroatoms. The maximum Gasteiger partial charge on any atom is 0.229 e. The van der Waals surface area contributed by atoms with Gasteiger partial charge < -0.3 is 10.6 Å². The molecule has 0 aliphatic heterocycles. The van der Waals surface area contributed by atoms with E-state index in [1.54, 1.807) is 12.1 Å². The Morgan fingerprint density at radius 3 is 2.60 bits per heavy atom. The number of rotatable bonds is 6. The third kappa shape index (κ3) is 4.19. The topological polar surface area (TPSA) is 49.8 Å². The SMILES string of the molecule is CCCCNc1cc(C)nc(Nc2ccc(F)cc2)n1. The molecule has 0 unspecified atom stereocenters. The molecule has 2 N–H and O–H groups in total. The van der Waals surface area contributed by atoms with Crippen LogP contribution in [-0.4, -0.2) is 16.5 Å². The summed E-state index contributed by atoms with van der Waals surface area (Å²) in [6.07, 6.45) is 2.24. The summed E-state index contributed by atoms with van der Waals surface area (Å²) >= 11 is 0. The fourth-order valence-corrected chi connectivity index (χ4v) is 1.77. The Morgan fingerprint density at radius 2 is 1.90 bits per heavy atom. The van der Waals surface area contributed by atoms with Gasteiger partial charge in [-0.05, 0) is 37.6 Å². The average molecular weight is 274 g/mol. The number of hydrogen-bond acceptors (Lipinski definition) is 4. The van der Waals surface area contributed by atoms with E-state index in [-0.39, 0.29) is 5.82 Å². The van der Waals surface area contributed by atoms with Crippen LogP contribution in [0, 0.1) is 12.7 Å². The van der Waals surface area contributed by atoms with Gasteiger partial charge in [-0.1, -0.05) is 13.3 Å². The number of aryl methyl sites for hydroxylation is 1. The molecule has 1 aromatic carbocycles. The van der Waals surface area contributed by atoms with Gasteiger partial charge in [0.05, 0.1) is 0 Å². The van der Waals surface area contributed by atoms with Gasteiger partial charge in [0.15, 0.2) is 0 Å². The van der Waals surface area contributed by atoms with Crippen LogP contribution in [0.3, 0.4) is 0 Å². The molecular weight excluding hydrogens is 255 g/mol. The zero-order chi connectivity index (χ0) is 14.4. The summed E-state index contributed by atoms with van der Waals surface area (Å²) in [5.74, 6) is 1.05. The second-order valence-corrected chi connectivity index (χ2v) is 4.63. The first-order valence-electron chi connectivity index (χ1n) is 6.79. The fraction of sp³-hybridized carbons (Fsp3) is 0.333. The Hall–Kier alpha value is -2.17. The number of hydrogen-bond donors (Lipinski definition) is 2. The predicted octanol–water partition coefficient (Wildman–Crippen LogP) is 3.88. The van der Waals surface area contributed by atoms with Crippen molar-refractivity contribution in [2.75, 3.05) is 17.2 Å². The van der Waals surface area contributed by atoms with Gasteiger partial charge in [0, 0.05) is 24.0 Å². The molecule has 4 nitrogen and oxygen atoms in total. The lowest BCUT2D eigenvalue weighted by atomic mass is 10.3. The summed E-state index contributed by atoms with van der Waals surface area (Å²) in [5, 5.41) is 6.34. The van der Waals surface area contributed by atoms with Crippen molar-refractivity contribution >= 4 is 17.5 Å². The smallest absolute Gasteiger partial charge is 0.229 e. The Bertz CT molecular complexity index is 554. The molecule has 20 heavy (non-hydrogen) atoms. The van der Waals surface area contributed by atoms with Crippen molar-refractivity contribution in [1.29, 1.82) is 0 Å². The van der Waals surface area contributed by atoms with Crippen LogP contribution in [0.15, 0.2) is 30.3 Å². The molecular formula is C15H19FN4. The third-order valence-corrected chi connectivity index (χ3v) is 2.79. The summed E-state index contributed by atoms with van der Waals surface area (Å²) < 4.78 is 12.9. The van der Waals surface area contributed by atoms with Crippen LogP contribution in [-0.2, 0) is 0 Å². The van der Waals surface area contributed by atoms with Gasteiger partial charge >= 0.3 is 0 Å². The summed E-state index contributed by atoms with van der Waals surface area (Å²) in [6.45, 7) is 4.96. The number of unbranched alkanes of at least 4 members (excludes halogenated alkanes) is 1. The van der Waals surface area contributed by atoms with Gasteiger partial charge in [0.2, 0.25) is 5.95 Å². The van der Waals surface area contributed by atoms with E-state index in [4.69, 9.17) is 0 Å². The van der Waals surface area contributed by atoms with Crippen molar-refractivity contribution in [3.63, 3.8) is 0 Å². The van der Waals surface area contributed by atoms with Crippen molar-refractivity contribution in [1.82, 2.24) is 9.97 Å². The summed E-state index contributed by atoms with van der Waals surface area (Å²) in [7, 11) is 0. The van der Waals surface area contributed by atoms with E-state index in [2.05, 4.69) is 27.5 Å². The minimum absolute atomic E-state index is 0.261. The highest BCUT2D eigenvalue weighted by Gasteiger charge is 2.03. The minimum atomic E-state index is -0.261. The molecule has 0 fully saturated rings. The second-order valence-electron chi connectivity index (χ2n) is 4.63. The molecule has 106 valence electrons. The summed E-state index contributed by atoms with van der Waals surface area (Å²) in [6, 6.07) is 8.03. The Balaban J connectivity index is 2.09. The summed E-state index contributed by atoms with van der Waals surface area (Å²) in [5.41, 5.74) is 1.64. The highest BCUT2D eigenvalue weighted by molar-refractivity contribution is 5.55. The molecule has 1 aromatic heterocycles. The molecule has 0 saturated carbocycles. The van der Waals surface area contributed by atoms with E-state index >= 15 is 0 Å². The lowest BCUT2D eigenvalue weighted by Gasteiger charge is -2.09. The van der Waals surface area contributed by atoms with Crippen molar-refractivity contribution in [3.8, 4) is 0 Å². The Morgan fingerprint density at radius 1 is 1.15 bits per heavy atom.